The first kappa shape index (κ1) is 11.4. The summed E-state index contributed by atoms with van der Waals surface area (Å²) in [6.07, 6.45) is -2.21. The Balaban J connectivity index is 2.94. The third-order valence-electron chi connectivity index (χ3n) is 1.93. The second kappa shape index (κ2) is 4.73. The summed E-state index contributed by atoms with van der Waals surface area (Å²) in [7, 11) is 0. The molecule has 0 radical (unpaired) electrons. The molecule has 0 bridgehead atoms. The third kappa shape index (κ3) is 2.67. The van der Waals surface area contributed by atoms with Gasteiger partial charge in [0.25, 0.3) is 0 Å². The molecule has 0 fully saturated rings. The van der Waals surface area contributed by atoms with Crippen molar-refractivity contribution in [3.8, 4) is 0 Å². The minimum atomic E-state index is -1.14. The highest BCUT2D eigenvalue weighted by Crippen LogP contribution is 2.20. The number of aryl methyl sites for hydroxylation is 1. The van der Waals surface area contributed by atoms with E-state index < -0.39 is 18.0 Å². The largest absolute Gasteiger partial charge is 0.389 e. The van der Waals surface area contributed by atoms with Crippen LogP contribution in [0.1, 0.15) is 17.2 Å². The molecule has 14 heavy (non-hydrogen) atoms. The van der Waals surface area contributed by atoms with Crippen LogP contribution in [0, 0.1) is 12.7 Å². The quantitative estimate of drug-likeness (QED) is 0.760. The van der Waals surface area contributed by atoms with Crippen molar-refractivity contribution >= 4 is 11.6 Å². The zero-order valence-corrected chi connectivity index (χ0v) is 8.50. The number of aliphatic hydroxyl groups is 2. The van der Waals surface area contributed by atoms with Gasteiger partial charge < -0.3 is 10.2 Å². The third-order valence-corrected chi connectivity index (χ3v) is 2.24. The fraction of sp³-hybridized carbons (Fsp3) is 0.400. The molecule has 1 aromatic carbocycles. The fourth-order valence-corrected chi connectivity index (χ4v) is 1.41. The standard InChI is InChI=1S/C10H12ClFO2/c1-6-2-7(4-8(12)3-6)10(14)9(13)5-11/h2-4,9-10,13-14H,5H2,1H3. The Hall–Kier alpha value is -0.640. The lowest BCUT2D eigenvalue weighted by Crippen LogP contribution is -2.19. The first-order valence-corrected chi connectivity index (χ1v) is 4.77. The Labute approximate surface area is 86.9 Å². The molecule has 2 N–H and O–H groups in total. The lowest BCUT2D eigenvalue weighted by atomic mass is 10.0. The van der Waals surface area contributed by atoms with Gasteiger partial charge >= 0.3 is 0 Å². The topological polar surface area (TPSA) is 40.5 Å². The second-order valence-corrected chi connectivity index (χ2v) is 3.54. The summed E-state index contributed by atoms with van der Waals surface area (Å²) in [5, 5.41) is 18.8. The van der Waals surface area contributed by atoms with E-state index in [2.05, 4.69) is 0 Å². The van der Waals surface area contributed by atoms with Crippen LogP contribution in [0.4, 0.5) is 4.39 Å². The van der Waals surface area contributed by atoms with Crippen LogP contribution in [0.25, 0.3) is 0 Å². The summed E-state index contributed by atoms with van der Waals surface area (Å²) >= 11 is 5.37. The van der Waals surface area contributed by atoms with Gasteiger partial charge in [-0.3, -0.25) is 0 Å². The van der Waals surface area contributed by atoms with Gasteiger partial charge in [0.2, 0.25) is 0 Å². The summed E-state index contributed by atoms with van der Waals surface area (Å²) in [4.78, 5) is 0. The minimum absolute atomic E-state index is 0.0866. The van der Waals surface area contributed by atoms with E-state index in [0.717, 1.165) is 0 Å². The zero-order valence-electron chi connectivity index (χ0n) is 7.74. The Morgan fingerprint density at radius 1 is 1.36 bits per heavy atom. The summed E-state index contributed by atoms with van der Waals surface area (Å²) in [5.74, 6) is -0.516. The van der Waals surface area contributed by atoms with Crippen LogP contribution in [0.5, 0.6) is 0 Å². The molecule has 0 spiro atoms. The maximum atomic E-state index is 12.9. The van der Waals surface area contributed by atoms with Crippen molar-refractivity contribution in [2.45, 2.75) is 19.1 Å². The van der Waals surface area contributed by atoms with E-state index in [1.165, 1.54) is 12.1 Å². The Kier molecular flexibility index (Phi) is 3.86. The molecule has 2 nitrogen and oxygen atoms in total. The van der Waals surface area contributed by atoms with E-state index in [1.54, 1.807) is 13.0 Å². The highest BCUT2D eigenvalue weighted by Gasteiger charge is 2.17. The molecule has 2 unspecified atom stereocenters. The van der Waals surface area contributed by atoms with Gasteiger partial charge in [0.05, 0.1) is 12.0 Å². The van der Waals surface area contributed by atoms with Crippen LogP contribution in [0.3, 0.4) is 0 Å². The molecular formula is C10H12ClFO2. The lowest BCUT2D eigenvalue weighted by Gasteiger charge is -2.16. The normalized spacial score (nSPS) is 15.2. The van der Waals surface area contributed by atoms with Crippen molar-refractivity contribution in [2.75, 3.05) is 5.88 Å². The number of rotatable bonds is 3. The van der Waals surface area contributed by atoms with Gasteiger partial charge in [0, 0.05) is 0 Å². The molecule has 0 aliphatic rings. The Morgan fingerprint density at radius 3 is 2.50 bits per heavy atom. The molecule has 1 aromatic rings. The predicted octanol–water partition coefficient (Wildman–Crippen LogP) is 1.77. The summed E-state index contributed by atoms with van der Waals surface area (Å²) in [6, 6.07) is 4.15. The number of aliphatic hydroxyl groups excluding tert-OH is 2. The maximum absolute atomic E-state index is 12.9. The Morgan fingerprint density at radius 2 is 2.00 bits per heavy atom. The van der Waals surface area contributed by atoms with E-state index in [-0.39, 0.29) is 5.88 Å². The smallest absolute Gasteiger partial charge is 0.123 e. The first-order valence-electron chi connectivity index (χ1n) is 4.23. The fourth-order valence-electron chi connectivity index (χ4n) is 1.24. The number of benzene rings is 1. The molecule has 2 atom stereocenters. The van der Waals surface area contributed by atoms with Gasteiger partial charge in [-0.25, -0.2) is 4.39 Å². The van der Waals surface area contributed by atoms with Crippen molar-refractivity contribution in [1.29, 1.82) is 0 Å². The SMILES string of the molecule is Cc1cc(F)cc(C(O)C(O)CCl)c1. The van der Waals surface area contributed by atoms with E-state index in [4.69, 9.17) is 11.6 Å². The monoisotopic (exact) mass is 218 g/mol. The number of hydrogen-bond donors (Lipinski definition) is 2. The molecule has 4 heteroatoms. The van der Waals surface area contributed by atoms with Crippen molar-refractivity contribution in [1.82, 2.24) is 0 Å². The highest BCUT2D eigenvalue weighted by atomic mass is 35.5. The van der Waals surface area contributed by atoms with Crippen LogP contribution in [0.15, 0.2) is 18.2 Å². The number of alkyl halides is 1. The molecule has 0 saturated carbocycles. The highest BCUT2D eigenvalue weighted by molar-refractivity contribution is 6.18. The number of halogens is 2. The van der Waals surface area contributed by atoms with E-state index >= 15 is 0 Å². The lowest BCUT2D eigenvalue weighted by molar-refractivity contribution is 0.0325. The van der Waals surface area contributed by atoms with E-state index in [0.29, 0.717) is 11.1 Å². The minimum Gasteiger partial charge on any atom is -0.389 e. The van der Waals surface area contributed by atoms with E-state index in [1.807, 2.05) is 0 Å². The second-order valence-electron chi connectivity index (χ2n) is 3.23. The van der Waals surface area contributed by atoms with Crippen molar-refractivity contribution < 1.29 is 14.6 Å². The molecule has 0 amide bonds. The molecule has 0 aliphatic carbocycles. The summed E-state index contributed by atoms with van der Waals surface area (Å²) in [6.45, 7) is 1.71. The average Bonchev–Trinajstić information content (AvgIpc) is 2.14. The average molecular weight is 219 g/mol. The maximum Gasteiger partial charge on any atom is 0.123 e. The van der Waals surface area contributed by atoms with Crippen LogP contribution < -0.4 is 0 Å². The van der Waals surface area contributed by atoms with Crippen molar-refractivity contribution in [2.24, 2.45) is 0 Å². The van der Waals surface area contributed by atoms with Crippen LogP contribution in [-0.4, -0.2) is 22.2 Å². The number of hydrogen-bond acceptors (Lipinski definition) is 2. The van der Waals surface area contributed by atoms with Gasteiger partial charge in [0.1, 0.15) is 11.9 Å². The molecule has 0 heterocycles. The summed E-state index contributed by atoms with van der Waals surface area (Å²) < 4.78 is 12.9. The van der Waals surface area contributed by atoms with Crippen LogP contribution in [-0.2, 0) is 0 Å². The van der Waals surface area contributed by atoms with Gasteiger partial charge in [0.15, 0.2) is 0 Å². The predicted molar refractivity (Wildman–Crippen MR) is 52.8 cm³/mol. The van der Waals surface area contributed by atoms with Gasteiger partial charge in [-0.1, -0.05) is 6.07 Å². The Bertz CT molecular complexity index is 297. The van der Waals surface area contributed by atoms with Crippen molar-refractivity contribution in [3.05, 3.63) is 35.1 Å². The van der Waals surface area contributed by atoms with Crippen LogP contribution >= 0.6 is 11.6 Å². The molecule has 0 aromatic heterocycles. The molecule has 78 valence electrons. The zero-order chi connectivity index (χ0) is 10.7. The summed E-state index contributed by atoms with van der Waals surface area (Å²) in [5.41, 5.74) is 1.04. The molecule has 0 saturated heterocycles. The molecule has 0 aliphatic heterocycles. The van der Waals surface area contributed by atoms with Gasteiger partial charge in [-0.2, -0.15) is 0 Å². The molecule has 1 rings (SSSR count). The van der Waals surface area contributed by atoms with Gasteiger partial charge in [-0.05, 0) is 30.2 Å². The van der Waals surface area contributed by atoms with Gasteiger partial charge in [-0.15, -0.1) is 11.6 Å². The van der Waals surface area contributed by atoms with Crippen molar-refractivity contribution in [3.63, 3.8) is 0 Å². The molecular weight excluding hydrogens is 207 g/mol. The van der Waals surface area contributed by atoms with E-state index in [9.17, 15) is 14.6 Å². The first-order chi connectivity index (χ1) is 6.54. The van der Waals surface area contributed by atoms with Crippen LogP contribution in [0.2, 0.25) is 0 Å².